The van der Waals surface area contributed by atoms with E-state index in [2.05, 4.69) is 15.4 Å². The standard InChI is InChI=1S/C17H15Cl2FN6O2S/c1-9(27)23-14-6-25(2-3-28-14)17-24-15(16(29-17)26-8-21-7-22-26)10-4-13(20)12(19)5-11(10)18/h4-5,7-8,14H,2-3,6H2,1H3,(H,23,27). The third-order valence-electron chi connectivity index (χ3n) is 4.19. The van der Waals surface area contributed by atoms with E-state index in [1.165, 1.54) is 43.0 Å². The van der Waals surface area contributed by atoms with Gasteiger partial charge in [-0.2, -0.15) is 5.10 Å². The lowest BCUT2D eigenvalue weighted by molar-refractivity contribution is -0.123. The summed E-state index contributed by atoms with van der Waals surface area (Å²) in [7, 11) is 0. The van der Waals surface area contributed by atoms with Crippen molar-refractivity contribution < 1.29 is 13.9 Å². The van der Waals surface area contributed by atoms with Crippen molar-refractivity contribution in [2.45, 2.75) is 13.2 Å². The molecule has 12 heteroatoms. The lowest BCUT2D eigenvalue weighted by Crippen LogP contribution is -2.50. The normalized spacial score (nSPS) is 16.8. The van der Waals surface area contributed by atoms with Gasteiger partial charge in [-0.05, 0) is 12.1 Å². The highest BCUT2D eigenvalue weighted by molar-refractivity contribution is 7.18. The van der Waals surface area contributed by atoms with Gasteiger partial charge in [-0.15, -0.1) is 0 Å². The van der Waals surface area contributed by atoms with E-state index in [4.69, 9.17) is 32.9 Å². The summed E-state index contributed by atoms with van der Waals surface area (Å²) in [4.78, 5) is 22.0. The molecule has 0 bridgehead atoms. The van der Waals surface area contributed by atoms with Crippen molar-refractivity contribution in [2.75, 3.05) is 24.6 Å². The summed E-state index contributed by atoms with van der Waals surface area (Å²) in [6.45, 7) is 2.87. The first kappa shape index (κ1) is 20.0. The number of nitrogens with one attached hydrogen (secondary N) is 1. The van der Waals surface area contributed by atoms with E-state index < -0.39 is 12.0 Å². The topological polar surface area (TPSA) is 85.2 Å². The second kappa shape index (κ2) is 8.23. The predicted molar refractivity (Wildman–Crippen MR) is 108 cm³/mol. The van der Waals surface area contributed by atoms with E-state index in [1.807, 2.05) is 4.90 Å². The van der Waals surface area contributed by atoms with Crippen LogP contribution in [0.3, 0.4) is 0 Å². The minimum absolute atomic E-state index is 0.0668. The molecule has 8 nitrogen and oxygen atoms in total. The Morgan fingerprint density at radius 3 is 2.93 bits per heavy atom. The molecule has 1 unspecified atom stereocenters. The molecular weight excluding hydrogens is 442 g/mol. The number of aromatic nitrogens is 4. The molecular formula is C17H15Cl2FN6O2S. The van der Waals surface area contributed by atoms with Crippen molar-refractivity contribution >= 4 is 45.6 Å². The van der Waals surface area contributed by atoms with E-state index >= 15 is 0 Å². The number of carbonyl (C=O) groups excluding carboxylic acids is 1. The number of morpholine rings is 1. The Kier molecular flexibility index (Phi) is 5.68. The molecule has 1 aromatic carbocycles. The van der Waals surface area contributed by atoms with Gasteiger partial charge in [0.15, 0.2) is 5.13 Å². The number of rotatable bonds is 4. The van der Waals surface area contributed by atoms with Crippen LogP contribution >= 0.6 is 34.5 Å². The molecule has 1 aliphatic rings. The van der Waals surface area contributed by atoms with Gasteiger partial charge in [0.05, 0.1) is 23.2 Å². The fourth-order valence-corrected chi connectivity index (χ4v) is 4.44. The van der Waals surface area contributed by atoms with Gasteiger partial charge in [-0.25, -0.2) is 19.0 Å². The molecule has 1 saturated heterocycles. The number of hydrogen-bond donors (Lipinski definition) is 1. The summed E-state index contributed by atoms with van der Waals surface area (Å²) in [6, 6.07) is 2.60. The molecule has 4 rings (SSSR count). The fraction of sp³-hybridized carbons (Fsp3) is 0.294. The Balaban J connectivity index is 1.75. The lowest BCUT2D eigenvalue weighted by Gasteiger charge is -2.32. The maximum Gasteiger partial charge on any atom is 0.218 e. The Labute approximate surface area is 179 Å². The molecule has 0 radical (unpaired) electrons. The van der Waals surface area contributed by atoms with Crippen LogP contribution in [0.5, 0.6) is 0 Å². The Morgan fingerprint density at radius 1 is 1.38 bits per heavy atom. The minimum Gasteiger partial charge on any atom is -0.355 e. The zero-order chi connectivity index (χ0) is 20.5. The number of amides is 1. The number of nitrogens with zero attached hydrogens (tertiary/aromatic N) is 5. The van der Waals surface area contributed by atoms with E-state index in [9.17, 15) is 9.18 Å². The molecule has 1 amide bonds. The number of benzene rings is 1. The van der Waals surface area contributed by atoms with Gasteiger partial charge >= 0.3 is 0 Å². The maximum absolute atomic E-state index is 14.1. The monoisotopic (exact) mass is 456 g/mol. The average molecular weight is 457 g/mol. The van der Waals surface area contributed by atoms with Crippen LogP contribution in [0.15, 0.2) is 24.8 Å². The van der Waals surface area contributed by atoms with Crippen LogP contribution in [0.4, 0.5) is 9.52 Å². The summed E-state index contributed by atoms with van der Waals surface area (Å²) in [5.74, 6) is -0.773. The van der Waals surface area contributed by atoms with E-state index in [-0.39, 0.29) is 16.0 Å². The first-order chi connectivity index (χ1) is 13.9. The SMILES string of the molecule is CC(=O)NC1CN(c2nc(-c3cc(F)c(Cl)cc3Cl)c(-n3cncn3)s2)CCO1. The summed E-state index contributed by atoms with van der Waals surface area (Å²) < 4.78 is 21.3. The van der Waals surface area contributed by atoms with Crippen molar-refractivity contribution in [1.82, 2.24) is 25.1 Å². The molecule has 0 saturated carbocycles. The third-order valence-corrected chi connectivity index (χ3v) is 5.90. The largest absolute Gasteiger partial charge is 0.355 e. The van der Waals surface area contributed by atoms with E-state index in [1.54, 1.807) is 4.68 Å². The van der Waals surface area contributed by atoms with Gasteiger partial charge in [-0.1, -0.05) is 34.5 Å². The number of ether oxygens (including phenoxy) is 1. The molecule has 0 spiro atoms. The molecule has 1 atom stereocenters. The molecule has 3 aromatic rings. The third kappa shape index (κ3) is 4.20. The minimum atomic E-state index is -0.595. The molecule has 2 aromatic heterocycles. The number of hydrogen-bond acceptors (Lipinski definition) is 7. The van der Waals surface area contributed by atoms with Crippen LogP contribution in [-0.2, 0) is 9.53 Å². The Bertz CT molecular complexity index is 1040. The number of carbonyl (C=O) groups is 1. The first-order valence-electron chi connectivity index (χ1n) is 8.56. The van der Waals surface area contributed by atoms with Gasteiger partial charge < -0.3 is 15.0 Å². The second-order valence-electron chi connectivity index (χ2n) is 6.24. The van der Waals surface area contributed by atoms with E-state index in [0.717, 1.165) is 0 Å². The Hall–Kier alpha value is -2.27. The van der Waals surface area contributed by atoms with Gasteiger partial charge in [0.2, 0.25) is 5.91 Å². The van der Waals surface area contributed by atoms with Crippen LogP contribution in [0.25, 0.3) is 16.3 Å². The molecule has 1 fully saturated rings. The van der Waals surface area contributed by atoms with Gasteiger partial charge in [0.1, 0.15) is 35.4 Å². The number of anilines is 1. The highest BCUT2D eigenvalue weighted by Crippen LogP contribution is 2.40. The smallest absolute Gasteiger partial charge is 0.218 e. The van der Waals surface area contributed by atoms with Crippen LogP contribution in [0, 0.1) is 5.82 Å². The molecule has 1 N–H and O–H groups in total. The highest BCUT2D eigenvalue weighted by atomic mass is 35.5. The van der Waals surface area contributed by atoms with Crippen LogP contribution in [-0.4, -0.2) is 51.6 Å². The molecule has 152 valence electrons. The van der Waals surface area contributed by atoms with Gasteiger partial charge in [0.25, 0.3) is 0 Å². The highest BCUT2D eigenvalue weighted by Gasteiger charge is 2.26. The molecule has 29 heavy (non-hydrogen) atoms. The predicted octanol–water partition coefficient (Wildman–Crippen LogP) is 3.14. The zero-order valence-corrected chi connectivity index (χ0v) is 17.4. The summed E-state index contributed by atoms with van der Waals surface area (Å²) >= 11 is 13.5. The average Bonchev–Trinajstić information content (AvgIpc) is 3.34. The zero-order valence-electron chi connectivity index (χ0n) is 15.1. The molecule has 3 heterocycles. The van der Waals surface area contributed by atoms with E-state index in [0.29, 0.717) is 41.1 Å². The van der Waals surface area contributed by atoms with Crippen molar-refractivity contribution in [2.24, 2.45) is 0 Å². The summed E-state index contributed by atoms with van der Waals surface area (Å²) in [6.07, 6.45) is 2.48. The lowest BCUT2D eigenvalue weighted by atomic mass is 10.1. The Morgan fingerprint density at radius 2 is 2.21 bits per heavy atom. The number of thiazole rings is 1. The van der Waals surface area contributed by atoms with Crippen LogP contribution in [0.2, 0.25) is 10.0 Å². The first-order valence-corrected chi connectivity index (χ1v) is 10.1. The van der Waals surface area contributed by atoms with Crippen LogP contribution in [0.1, 0.15) is 6.92 Å². The quantitative estimate of drug-likeness (QED) is 0.606. The van der Waals surface area contributed by atoms with Crippen LogP contribution < -0.4 is 10.2 Å². The van der Waals surface area contributed by atoms with Crippen molar-refractivity contribution in [3.05, 3.63) is 40.6 Å². The summed E-state index contributed by atoms with van der Waals surface area (Å²) in [5, 5.41) is 8.41. The maximum atomic E-state index is 14.1. The number of halogens is 3. The van der Waals surface area contributed by atoms with Crippen molar-refractivity contribution in [3.63, 3.8) is 0 Å². The van der Waals surface area contributed by atoms with Crippen molar-refractivity contribution in [1.29, 1.82) is 0 Å². The summed E-state index contributed by atoms with van der Waals surface area (Å²) in [5.41, 5.74) is 0.854. The van der Waals surface area contributed by atoms with Gasteiger partial charge in [0, 0.05) is 19.0 Å². The second-order valence-corrected chi connectivity index (χ2v) is 8.01. The van der Waals surface area contributed by atoms with Crippen molar-refractivity contribution in [3.8, 4) is 16.3 Å². The molecule has 1 aliphatic heterocycles. The fourth-order valence-electron chi connectivity index (χ4n) is 2.92. The molecule has 0 aliphatic carbocycles. The van der Waals surface area contributed by atoms with Gasteiger partial charge in [-0.3, -0.25) is 4.79 Å².